The van der Waals surface area contributed by atoms with Gasteiger partial charge in [0.2, 0.25) is 0 Å². The lowest BCUT2D eigenvalue weighted by molar-refractivity contribution is 0.333. The van der Waals surface area contributed by atoms with E-state index in [-0.39, 0.29) is 0 Å². The van der Waals surface area contributed by atoms with Crippen LogP contribution in [0.4, 0.5) is 0 Å². The summed E-state index contributed by atoms with van der Waals surface area (Å²) in [6, 6.07) is 9.50. The Morgan fingerprint density at radius 3 is 2.43 bits per heavy atom. The highest BCUT2D eigenvalue weighted by molar-refractivity contribution is 5.24. The van der Waals surface area contributed by atoms with E-state index in [9.17, 15) is 0 Å². The lowest BCUT2D eigenvalue weighted by Crippen LogP contribution is -2.31. The minimum Gasteiger partial charge on any atom is -0.310 e. The van der Waals surface area contributed by atoms with Gasteiger partial charge >= 0.3 is 0 Å². The summed E-state index contributed by atoms with van der Waals surface area (Å²) in [7, 11) is 0. The molecule has 0 radical (unpaired) electrons. The van der Waals surface area contributed by atoms with E-state index in [0.717, 1.165) is 5.92 Å². The molecule has 1 aliphatic rings. The van der Waals surface area contributed by atoms with Gasteiger partial charge in [-0.05, 0) is 37.8 Å². The minimum atomic E-state index is 0.590. The summed E-state index contributed by atoms with van der Waals surface area (Å²) in [6.07, 6.45) is 2.63. The zero-order valence-electron chi connectivity index (χ0n) is 9.09. The first kappa shape index (κ1) is 9.72. The molecule has 0 aromatic heterocycles. The van der Waals surface area contributed by atoms with Crippen LogP contribution in [-0.4, -0.2) is 6.54 Å². The molecule has 0 saturated carbocycles. The fourth-order valence-electron chi connectivity index (χ4n) is 2.08. The molecule has 1 saturated heterocycles. The number of hydrogen-bond acceptors (Lipinski definition) is 1. The first-order valence-corrected chi connectivity index (χ1v) is 5.55. The summed E-state index contributed by atoms with van der Waals surface area (Å²) >= 11 is 0. The van der Waals surface area contributed by atoms with Gasteiger partial charge in [-0.2, -0.15) is 0 Å². The van der Waals surface area contributed by atoms with Gasteiger partial charge in [-0.25, -0.2) is 0 Å². The highest BCUT2D eigenvalue weighted by Crippen LogP contribution is 2.25. The summed E-state index contributed by atoms with van der Waals surface area (Å²) < 4.78 is 0. The van der Waals surface area contributed by atoms with Gasteiger partial charge in [0.05, 0.1) is 0 Å². The summed E-state index contributed by atoms with van der Waals surface area (Å²) in [5.41, 5.74) is 2.79. The van der Waals surface area contributed by atoms with Crippen molar-refractivity contribution < 1.29 is 0 Å². The standard InChI is InChI=1S/C13H19N/c1-10-3-6-12(7-4-10)13-8-5-11(2)9-14-13/h3-4,6-7,11,13-14H,5,8-9H2,1-2H3/t11?,13-/m0/s1. The van der Waals surface area contributed by atoms with Crippen LogP contribution in [0.1, 0.15) is 36.9 Å². The molecular formula is C13H19N. The van der Waals surface area contributed by atoms with Crippen LogP contribution in [-0.2, 0) is 0 Å². The third-order valence-corrected chi connectivity index (χ3v) is 3.14. The van der Waals surface area contributed by atoms with Crippen molar-refractivity contribution in [2.45, 2.75) is 32.7 Å². The molecule has 1 heteroatoms. The van der Waals surface area contributed by atoms with Crippen LogP contribution in [0.3, 0.4) is 0 Å². The van der Waals surface area contributed by atoms with Gasteiger partial charge in [-0.15, -0.1) is 0 Å². The van der Waals surface area contributed by atoms with E-state index in [1.54, 1.807) is 0 Å². The Labute approximate surface area is 86.5 Å². The predicted octanol–water partition coefficient (Wildman–Crippen LogP) is 3.06. The molecule has 1 unspecified atom stereocenters. The summed E-state index contributed by atoms with van der Waals surface area (Å²) in [4.78, 5) is 0. The van der Waals surface area contributed by atoms with Crippen LogP contribution in [0.5, 0.6) is 0 Å². The molecule has 0 bridgehead atoms. The molecule has 1 aromatic carbocycles. The Bertz CT molecular complexity index is 281. The van der Waals surface area contributed by atoms with E-state index in [1.165, 1.54) is 30.5 Å². The second kappa shape index (κ2) is 4.14. The minimum absolute atomic E-state index is 0.590. The summed E-state index contributed by atoms with van der Waals surface area (Å²) in [6.45, 7) is 5.62. The zero-order valence-corrected chi connectivity index (χ0v) is 9.09. The Morgan fingerprint density at radius 1 is 1.14 bits per heavy atom. The van der Waals surface area contributed by atoms with Gasteiger partial charge in [0.25, 0.3) is 0 Å². The smallest absolute Gasteiger partial charge is 0.0320 e. The van der Waals surface area contributed by atoms with Gasteiger partial charge in [0.1, 0.15) is 0 Å². The third-order valence-electron chi connectivity index (χ3n) is 3.14. The first-order chi connectivity index (χ1) is 6.75. The first-order valence-electron chi connectivity index (χ1n) is 5.55. The van der Waals surface area contributed by atoms with Crippen molar-refractivity contribution in [3.8, 4) is 0 Å². The fraction of sp³-hybridized carbons (Fsp3) is 0.538. The second-order valence-electron chi connectivity index (χ2n) is 4.55. The van der Waals surface area contributed by atoms with Crippen molar-refractivity contribution in [3.05, 3.63) is 35.4 Å². The maximum Gasteiger partial charge on any atom is 0.0320 e. The average Bonchev–Trinajstić information content (AvgIpc) is 2.21. The van der Waals surface area contributed by atoms with Crippen molar-refractivity contribution in [3.63, 3.8) is 0 Å². The number of piperidine rings is 1. The van der Waals surface area contributed by atoms with E-state index in [1.807, 2.05) is 0 Å². The van der Waals surface area contributed by atoms with E-state index in [0.29, 0.717) is 6.04 Å². The zero-order chi connectivity index (χ0) is 9.97. The SMILES string of the molecule is Cc1ccc([C@@H]2CCC(C)CN2)cc1. The van der Waals surface area contributed by atoms with Crippen LogP contribution in [0.15, 0.2) is 24.3 Å². The quantitative estimate of drug-likeness (QED) is 0.716. The average molecular weight is 189 g/mol. The lowest BCUT2D eigenvalue weighted by atomic mass is 9.92. The number of hydrogen-bond donors (Lipinski definition) is 1. The van der Waals surface area contributed by atoms with Gasteiger partial charge in [-0.1, -0.05) is 36.8 Å². The number of nitrogens with one attached hydrogen (secondary N) is 1. The summed E-state index contributed by atoms with van der Waals surface area (Å²) in [5.74, 6) is 0.844. The normalized spacial score (nSPS) is 27.6. The third kappa shape index (κ3) is 2.16. The van der Waals surface area contributed by atoms with E-state index in [4.69, 9.17) is 0 Å². The fourth-order valence-corrected chi connectivity index (χ4v) is 2.08. The predicted molar refractivity (Wildman–Crippen MR) is 60.3 cm³/mol. The molecule has 76 valence electrons. The van der Waals surface area contributed by atoms with Gasteiger partial charge in [-0.3, -0.25) is 0 Å². The van der Waals surface area contributed by atoms with Crippen LogP contribution in [0.25, 0.3) is 0 Å². The van der Waals surface area contributed by atoms with Crippen LogP contribution in [0.2, 0.25) is 0 Å². The molecule has 0 amide bonds. The van der Waals surface area contributed by atoms with Crippen molar-refractivity contribution in [2.24, 2.45) is 5.92 Å². The molecule has 0 aliphatic carbocycles. The maximum absolute atomic E-state index is 3.60. The molecule has 1 N–H and O–H groups in total. The number of rotatable bonds is 1. The van der Waals surface area contributed by atoms with Crippen molar-refractivity contribution in [1.82, 2.24) is 5.32 Å². The largest absolute Gasteiger partial charge is 0.310 e. The molecule has 1 fully saturated rings. The monoisotopic (exact) mass is 189 g/mol. The molecule has 1 heterocycles. The van der Waals surface area contributed by atoms with Crippen molar-refractivity contribution >= 4 is 0 Å². The second-order valence-corrected chi connectivity index (χ2v) is 4.55. The van der Waals surface area contributed by atoms with E-state index in [2.05, 4.69) is 43.4 Å². The Morgan fingerprint density at radius 2 is 1.86 bits per heavy atom. The number of aryl methyl sites for hydroxylation is 1. The van der Waals surface area contributed by atoms with Crippen LogP contribution in [0, 0.1) is 12.8 Å². The van der Waals surface area contributed by atoms with Crippen molar-refractivity contribution in [2.75, 3.05) is 6.54 Å². The van der Waals surface area contributed by atoms with Gasteiger partial charge in [0.15, 0.2) is 0 Å². The highest BCUT2D eigenvalue weighted by atomic mass is 14.9. The van der Waals surface area contributed by atoms with Crippen LogP contribution < -0.4 is 5.32 Å². The molecule has 2 atom stereocenters. The van der Waals surface area contributed by atoms with Crippen molar-refractivity contribution in [1.29, 1.82) is 0 Å². The lowest BCUT2D eigenvalue weighted by Gasteiger charge is -2.28. The Hall–Kier alpha value is -0.820. The van der Waals surface area contributed by atoms with Crippen LogP contribution >= 0.6 is 0 Å². The molecule has 1 nitrogen and oxygen atoms in total. The molecule has 1 aliphatic heterocycles. The van der Waals surface area contributed by atoms with E-state index >= 15 is 0 Å². The van der Waals surface area contributed by atoms with Gasteiger partial charge < -0.3 is 5.32 Å². The topological polar surface area (TPSA) is 12.0 Å². The molecule has 0 spiro atoms. The molecular weight excluding hydrogens is 170 g/mol. The molecule has 1 aromatic rings. The van der Waals surface area contributed by atoms with Gasteiger partial charge in [0, 0.05) is 6.04 Å². The Kier molecular flexibility index (Phi) is 2.87. The number of benzene rings is 1. The highest BCUT2D eigenvalue weighted by Gasteiger charge is 2.18. The summed E-state index contributed by atoms with van der Waals surface area (Å²) in [5, 5.41) is 3.60. The van der Waals surface area contributed by atoms with E-state index < -0.39 is 0 Å². The maximum atomic E-state index is 3.60. The Balaban J connectivity index is 2.05. The molecule has 14 heavy (non-hydrogen) atoms. The molecule has 2 rings (SSSR count).